The Morgan fingerprint density at radius 1 is 1.24 bits per heavy atom. The minimum Gasteiger partial charge on any atom is -0.497 e. The number of benzene rings is 1. The molecule has 7 nitrogen and oxygen atoms in total. The van der Waals surface area contributed by atoms with Gasteiger partial charge in [-0.2, -0.15) is 0 Å². The van der Waals surface area contributed by atoms with Crippen LogP contribution in [0.5, 0.6) is 5.75 Å². The van der Waals surface area contributed by atoms with E-state index in [1.165, 1.54) is 0 Å². The second-order valence-electron chi connectivity index (χ2n) is 8.43. The number of hydrogen-bond donors (Lipinski definition) is 3. The van der Waals surface area contributed by atoms with Gasteiger partial charge in [-0.25, -0.2) is 0 Å². The monoisotopic (exact) mass is 404 g/mol. The summed E-state index contributed by atoms with van der Waals surface area (Å²) in [5, 5.41) is 9.56. The molecule has 0 aromatic heterocycles. The van der Waals surface area contributed by atoms with Crippen molar-refractivity contribution in [1.82, 2.24) is 16.0 Å². The lowest BCUT2D eigenvalue weighted by atomic mass is 9.78. The lowest BCUT2D eigenvalue weighted by molar-refractivity contribution is -0.0835. The van der Waals surface area contributed by atoms with E-state index in [1.807, 2.05) is 6.07 Å². The van der Waals surface area contributed by atoms with Gasteiger partial charge in [0.05, 0.1) is 13.2 Å². The third-order valence-corrected chi connectivity index (χ3v) is 5.09. The molecule has 29 heavy (non-hydrogen) atoms. The van der Waals surface area contributed by atoms with Gasteiger partial charge in [-0.3, -0.25) is 9.79 Å². The lowest BCUT2D eigenvalue weighted by Gasteiger charge is -2.40. The standard InChI is InChI=1S/C22H36N4O3/c1-22(2,3)19-17(9-7-13-29-19)15-26-21(23-4)25-12-11-24-20(27)16-8-6-10-18(14-16)28-5/h6,8,10,14,17,19H,7,9,11-13,15H2,1-5H3,(H,24,27)(H2,23,25,26). The van der Waals surface area contributed by atoms with Crippen molar-refractivity contribution in [1.29, 1.82) is 0 Å². The van der Waals surface area contributed by atoms with E-state index in [2.05, 4.69) is 41.7 Å². The van der Waals surface area contributed by atoms with Crippen LogP contribution in [0.3, 0.4) is 0 Å². The third kappa shape index (κ3) is 7.24. The number of carbonyl (C=O) groups excluding carboxylic acids is 1. The van der Waals surface area contributed by atoms with Gasteiger partial charge in [-0.1, -0.05) is 26.8 Å². The summed E-state index contributed by atoms with van der Waals surface area (Å²) in [6, 6.07) is 7.11. The third-order valence-electron chi connectivity index (χ3n) is 5.09. The van der Waals surface area contributed by atoms with Gasteiger partial charge in [-0.05, 0) is 36.5 Å². The molecule has 0 spiro atoms. The van der Waals surface area contributed by atoms with Crippen LogP contribution >= 0.6 is 0 Å². The van der Waals surface area contributed by atoms with Gasteiger partial charge in [0.1, 0.15) is 5.75 Å². The minimum atomic E-state index is -0.124. The second-order valence-corrected chi connectivity index (χ2v) is 8.43. The SMILES string of the molecule is CN=C(NCCNC(=O)c1cccc(OC)c1)NCC1CCCOC1C(C)(C)C. The zero-order chi connectivity index (χ0) is 21.3. The van der Waals surface area contributed by atoms with Crippen molar-refractivity contribution >= 4 is 11.9 Å². The van der Waals surface area contributed by atoms with Gasteiger partial charge in [-0.15, -0.1) is 0 Å². The van der Waals surface area contributed by atoms with Crippen LogP contribution in [0.1, 0.15) is 44.0 Å². The number of aliphatic imine (C=N–C) groups is 1. The number of nitrogens with zero attached hydrogens (tertiary/aromatic N) is 1. The molecule has 0 aliphatic carbocycles. The van der Waals surface area contributed by atoms with Crippen LogP contribution < -0.4 is 20.7 Å². The fourth-order valence-electron chi connectivity index (χ4n) is 3.68. The van der Waals surface area contributed by atoms with Gasteiger partial charge in [0, 0.05) is 44.8 Å². The largest absolute Gasteiger partial charge is 0.497 e. The highest BCUT2D eigenvalue weighted by Gasteiger charge is 2.35. The van der Waals surface area contributed by atoms with Crippen molar-refractivity contribution in [2.75, 3.05) is 40.4 Å². The van der Waals surface area contributed by atoms with E-state index in [9.17, 15) is 4.79 Å². The number of amides is 1. The maximum atomic E-state index is 12.2. The fraction of sp³-hybridized carbons (Fsp3) is 0.636. The number of methoxy groups -OCH3 is 1. The van der Waals surface area contributed by atoms with Crippen LogP contribution in [-0.4, -0.2) is 58.4 Å². The van der Waals surface area contributed by atoms with E-state index in [0.717, 1.165) is 32.0 Å². The van der Waals surface area contributed by atoms with Crippen LogP contribution in [0.15, 0.2) is 29.3 Å². The van der Waals surface area contributed by atoms with Crippen molar-refractivity contribution in [2.45, 2.75) is 39.7 Å². The summed E-state index contributed by atoms with van der Waals surface area (Å²) in [6.45, 7) is 9.43. The lowest BCUT2D eigenvalue weighted by Crippen LogP contribution is -2.48. The molecule has 1 saturated heterocycles. The first-order chi connectivity index (χ1) is 13.8. The smallest absolute Gasteiger partial charge is 0.251 e. The Labute approximate surface area is 174 Å². The Hall–Kier alpha value is -2.28. The highest BCUT2D eigenvalue weighted by molar-refractivity contribution is 5.94. The molecule has 1 aliphatic heterocycles. The maximum Gasteiger partial charge on any atom is 0.251 e. The summed E-state index contributed by atoms with van der Waals surface area (Å²) >= 11 is 0. The van der Waals surface area contributed by atoms with E-state index in [0.29, 0.717) is 30.3 Å². The molecular formula is C22H36N4O3. The van der Waals surface area contributed by atoms with Crippen molar-refractivity contribution in [3.8, 4) is 5.75 Å². The van der Waals surface area contributed by atoms with Gasteiger partial charge in [0.2, 0.25) is 0 Å². The molecule has 0 radical (unpaired) electrons. The maximum absolute atomic E-state index is 12.2. The summed E-state index contributed by atoms with van der Waals surface area (Å²) in [4.78, 5) is 16.5. The molecule has 7 heteroatoms. The summed E-state index contributed by atoms with van der Waals surface area (Å²) < 4.78 is 11.2. The number of carbonyl (C=O) groups is 1. The van der Waals surface area contributed by atoms with Crippen molar-refractivity contribution < 1.29 is 14.3 Å². The Morgan fingerprint density at radius 2 is 2.00 bits per heavy atom. The first kappa shape index (κ1) is 23.0. The average molecular weight is 405 g/mol. The van der Waals surface area contributed by atoms with Gasteiger partial charge >= 0.3 is 0 Å². The van der Waals surface area contributed by atoms with Gasteiger partial charge < -0.3 is 25.4 Å². The fourth-order valence-corrected chi connectivity index (χ4v) is 3.68. The van der Waals surface area contributed by atoms with Crippen molar-refractivity contribution in [2.24, 2.45) is 16.3 Å². The highest BCUT2D eigenvalue weighted by Crippen LogP contribution is 2.33. The molecule has 1 aromatic carbocycles. The predicted octanol–water partition coefficient (Wildman–Crippen LogP) is 2.43. The summed E-state index contributed by atoms with van der Waals surface area (Å²) in [5.41, 5.74) is 0.700. The molecular weight excluding hydrogens is 368 g/mol. The number of guanidine groups is 1. The molecule has 2 unspecified atom stereocenters. The number of rotatable bonds is 7. The summed E-state index contributed by atoms with van der Waals surface area (Å²) in [6.07, 6.45) is 2.49. The first-order valence-corrected chi connectivity index (χ1v) is 10.3. The van der Waals surface area contributed by atoms with Crippen molar-refractivity contribution in [3.63, 3.8) is 0 Å². The molecule has 0 saturated carbocycles. The Bertz CT molecular complexity index is 685. The highest BCUT2D eigenvalue weighted by atomic mass is 16.5. The molecule has 162 valence electrons. The molecule has 3 N–H and O–H groups in total. The van der Waals surface area contributed by atoms with Crippen molar-refractivity contribution in [3.05, 3.63) is 29.8 Å². The molecule has 1 fully saturated rings. The van der Waals surface area contributed by atoms with E-state index in [4.69, 9.17) is 9.47 Å². The van der Waals surface area contributed by atoms with Gasteiger partial charge in [0.15, 0.2) is 5.96 Å². The Balaban J connectivity index is 1.74. The second kappa shape index (κ2) is 11.0. The molecule has 1 aliphatic rings. The zero-order valence-electron chi connectivity index (χ0n) is 18.4. The molecule has 2 atom stereocenters. The van der Waals surface area contributed by atoms with Crippen LogP contribution in [0.4, 0.5) is 0 Å². The van der Waals surface area contributed by atoms with Gasteiger partial charge in [0.25, 0.3) is 5.91 Å². The van der Waals surface area contributed by atoms with E-state index >= 15 is 0 Å². The molecule has 2 rings (SSSR count). The molecule has 1 amide bonds. The zero-order valence-corrected chi connectivity index (χ0v) is 18.4. The van der Waals surface area contributed by atoms with Crippen LogP contribution in [-0.2, 0) is 4.74 Å². The van der Waals surface area contributed by atoms with E-state index < -0.39 is 0 Å². The quantitative estimate of drug-likeness (QED) is 0.369. The normalized spacial score (nSPS) is 20.1. The number of ether oxygens (including phenoxy) is 2. The summed E-state index contributed by atoms with van der Waals surface area (Å²) in [5.74, 6) is 1.73. The predicted molar refractivity (Wildman–Crippen MR) is 117 cm³/mol. The minimum absolute atomic E-state index is 0.119. The number of nitrogens with one attached hydrogen (secondary N) is 3. The molecule has 0 bridgehead atoms. The van der Waals surface area contributed by atoms with Crippen LogP contribution in [0.25, 0.3) is 0 Å². The Morgan fingerprint density at radius 3 is 2.69 bits per heavy atom. The van der Waals surface area contributed by atoms with E-state index in [1.54, 1.807) is 32.4 Å². The molecule has 1 heterocycles. The topological polar surface area (TPSA) is 84.0 Å². The van der Waals surface area contributed by atoms with Crippen LogP contribution in [0.2, 0.25) is 0 Å². The first-order valence-electron chi connectivity index (χ1n) is 10.3. The molecule has 1 aromatic rings. The Kier molecular flexibility index (Phi) is 8.76. The van der Waals surface area contributed by atoms with Crippen LogP contribution in [0, 0.1) is 11.3 Å². The summed E-state index contributed by atoms with van der Waals surface area (Å²) in [7, 11) is 3.34. The average Bonchev–Trinajstić information content (AvgIpc) is 2.72. The number of hydrogen-bond acceptors (Lipinski definition) is 4. The van der Waals surface area contributed by atoms with E-state index in [-0.39, 0.29) is 17.4 Å².